The molecule has 0 N–H and O–H groups in total. The van der Waals surface area contributed by atoms with Gasteiger partial charge in [0.15, 0.2) is 4.80 Å². The predicted molar refractivity (Wildman–Crippen MR) is 139 cm³/mol. The zero-order valence-electron chi connectivity index (χ0n) is 19.8. The molecular formula is C29H23FN2O3S. The molecule has 1 aliphatic rings. The Hall–Kier alpha value is -4.10. The Morgan fingerprint density at radius 2 is 1.75 bits per heavy atom. The number of esters is 1. The Morgan fingerprint density at radius 1 is 1.06 bits per heavy atom. The van der Waals surface area contributed by atoms with Gasteiger partial charge in [-0.3, -0.25) is 9.36 Å². The predicted octanol–water partition coefficient (Wildman–Crippen LogP) is 4.38. The Balaban J connectivity index is 1.82. The first-order chi connectivity index (χ1) is 17.5. The molecule has 7 heteroatoms. The highest BCUT2D eigenvalue weighted by Gasteiger charge is 2.35. The van der Waals surface area contributed by atoms with Crippen LogP contribution in [0, 0.1) is 12.7 Å². The molecule has 0 fully saturated rings. The number of halogens is 1. The lowest BCUT2D eigenvalue weighted by molar-refractivity contribution is -0.138. The van der Waals surface area contributed by atoms with Crippen LogP contribution in [0.25, 0.3) is 11.8 Å². The quantitative estimate of drug-likeness (QED) is 0.384. The summed E-state index contributed by atoms with van der Waals surface area (Å²) >= 11 is 1.26. The highest BCUT2D eigenvalue weighted by molar-refractivity contribution is 7.07. The number of fused-ring (bicyclic) bond motifs is 1. The number of carbonyl (C=O) groups is 1. The zero-order chi connectivity index (χ0) is 25.2. The maximum atomic E-state index is 13.8. The lowest BCUT2D eigenvalue weighted by Gasteiger charge is -2.25. The molecule has 0 unspecified atom stereocenters. The van der Waals surface area contributed by atoms with Gasteiger partial charge in [0, 0.05) is 5.56 Å². The number of aryl methyl sites for hydroxylation is 1. The van der Waals surface area contributed by atoms with Crippen molar-refractivity contribution in [3.8, 4) is 0 Å². The number of rotatable bonds is 5. The van der Waals surface area contributed by atoms with E-state index < -0.39 is 17.8 Å². The zero-order valence-corrected chi connectivity index (χ0v) is 20.6. The van der Waals surface area contributed by atoms with Crippen molar-refractivity contribution >= 4 is 29.1 Å². The van der Waals surface area contributed by atoms with Crippen molar-refractivity contribution in [2.75, 3.05) is 6.61 Å². The Morgan fingerprint density at radius 3 is 2.42 bits per heavy atom. The van der Waals surface area contributed by atoms with E-state index in [-0.39, 0.29) is 17.7 Å². The molecule has 0 saturated heterocycles. The second-order valence-corrected chi connectivity index (χ2v) is 9.40. The third-order valence-corrected chi connectivity index (χ3v) is 6.92. The van der Waals surface area contributed by atoms with Crippen molar-refractivity contribution in [2.45, 2.75) is 19.9 Å². The van der Waals surface area contributed by atoms with E-state index >= 15 is 0 Å². The first-order valence-corrected chi connectivity index (χ1v) is 12.4. The minimum absolute atomic E-state index is 0.165. The molecule has 0 radical (unpaired) electrons. The van der Waals surface area contributed by atoms with Gasteiger partial charge in [0.25, 0.3) is 5.56 Å². The van der Waals surface area contributed by atoms with Gasteiger partial charge in [-0.25, -0.2) is 14.2 Å². The SMILES string of the molecule is CCOC(=O)C1=C(c2ccccc2)N=c2s/c(=C\c3ccc(C)cc3)c(=O)n2[C@H]1c1ccc(F)cc1. The Bertz CT molecular complexity index is 1630. The van der Waals surface area contributed by atoms with Crippen LogP contribution in [0.5, 0.6) is 0 Å². The molecule has 0 amide bonds. The Labute approximate surface area is 211 Å². The van der Waals surface area contributed by atoms with Crippen molar-refractivity contribution in [2.24, 2.45) is 4.99 Å². The Kier molecular flexibility index (Phi) is 6.48. The van der Waals surface area contributed by atoms with Gasteiger partial charge in [-0.05, 0) is 43.2 Å². The molecule has 5 nitrogen and oxygen atoms in total. The molecule has 1 aromatic heterocycles. The van der Waals surface area contributed by atoms with Gasteiger partial charge in [-0.1, -0.05) is 83.6 Å². The van der Waals surface area contributed by atoms with E-state index in [9.17, 15) is 14.0 Å². The van der Waals surface area contributed by atoms with Crippen molar-refractivity contribution in [1.29, 1.82) is 0 Å². The van der Waals surface area contributed by atoms with Gasteiger partial charge in [0.05, 0.1) is 28.5 Å². The minimum atomic E-state index is -0.823. The average molecular weight is 499 g/mol. The van der Waals surface area contributed by atoms with Crippen molar-refractivity contribution in [3.63, 3.8) is 0 Å². The second-order valence-electron chi connectivity index (χ2n) is 8.39. The van der Waals surface area contributed by atoms with E-state index in [1.807, 2.05) is 67.6 Å². The van der Waals surface area contributed by atoms with Crippen LogP contribution >= 0.6 is 11.3 Å². The number of benzene rings is 3. The number of hydrogen-bond acceptors (Lipinski definition) is 5. The number of carbonyl (C=O) groups excluding carboxylic acids is 1. The molecule has 0 bridgehead atoms. The summed E-state index contributed by atoms with van der Waals surface area (Å²) in [6.07, 6.45) is 1.82. The molecule has 0 spiro atoms. The third-order valence-electron chi connectivity index (χ3n) is 5.93. The van der Waals surface area contributed by atoms with E-state index in [1.165, 1.54) is 28.0 Å². The van der Waals surface area contributed by atoms with Crippen LogP contribution in [-0.4, -0.2) is 17.1 Å². The molecule has 2 heterocycles. The first kappa shape index (κ1) is 23.6. The number of aromatic nitrogens is 1. The molecule has 0 aliphatic carbocycles. The number of hydrogen-bond donors (Lipinski definition) is 0. The van der Waals surface area contributed by atoms with Crippen molar-refractivity contribution in [1.82, 2.24) is 4.57 Å². The van der Waals surface area contributed by atoms with Gasteiger partial charge >= 0.3 is 5.97 Å². The molecule has 1 aliphatic heterocycles. The molecule has 4 aromatic rings. The molecule has 0 saturated carbocycles. The number of ether oxygens (including phenoxy) is 1. The van der Waals surface area contributed by atoms with Crippen LogP contribution in [-0.2, 0) is 9.53 Å². The van der Waals surface area contributed by atoms with Gasteiger partial charge in [-0.15, -0.1) is 0 Å². The fourth-order valence-electron chi connectivity index (χ4n) is 4.21. The summed E-state index contributed by atoms with van der Waals surface area (Å²) in [4.78, 5) is 32.3. The number of nitrogens with zero attached hydrogens (tertiary/aromatic N) is 2. The topological polar surface area (TPSA) is 60.7 Å². The van der Waals surface area contributed by atoms with Gasteiger partial charge in [0.2, 0.25) is 0 Å². The van der Waals surface area contributed by atoms with Crippen molar-refractivity contribution < 1.29 is 13.9 Å². The molecule has 180 valence electrons. The monoisotopic (exact) mass is 498 g/mol. The van der Waals surface area contributed by atoms with Crippen molar-refractivity contribution in [3.05, 3.63) is 132 Å². The minimum Gasteiger partial charge on any atom is -0.463 e. The van der Waals surface area contributed by atoms with Gasteiger partial charge in [0.1, 0.15) is 5.82 Å². The van der Waals surface area contributed by atoms with E-state index in [0.29, 0.717) is 20.6 Å². The molecule has 1 atom stereocenters. The summed E-state index contributed by atoms with van der Waals surface area (Å²) in [6, 6.07) is 22.2. The lowest BCUT2D eigenvalue weighted by Crippen LogP contribution is -2.40. The molecule has 36 heavy (non-hydrogen) atoms. The van der Waals surface area contributed by atoms with E-state index in [0.717, 1.165) is 16.7 Å². The lowest BCUT2D eigenvalue weighted by atomic mass is 9.93. The standard InChI is InChI=1S/C29H23FN2O3S/c1-3-35-28(34)24-25(20-7-5-4-6-8-20)31-29-32(26(24)21-13-15-22(30)16-14-21)27(33)23(36-29)17-19-11-9-18(2)10-12-19/h4-17,26H,3H2,1-2H3/b23-17-/t26-/m0/s1. The second kappa shape index (κ2) is 9.87. The maximum absolute atomic E-state index is 13.8. The van der Waals surface area contributed by atoms with Gasteiger partial charge < -0.3 is 4.74 Å². The van der Waals surface area contributed by atoms with Crippen LogP contribution in [0.2, 0.25) is 0 Å². The highest BCUT2D eigenvalue weighted by atomic mass is 32.1. The summed E-state index contributed by atoms with van der Waals surface area (Å²) in [5, 5.41) is 0. The third kappa shape index (κ3) is 4.45. The number of thiazole rings is 1. The normalized spacial score (nSPS) is 15.4. The van der Waals surface area contributed by atoms with Gasteiger partial charge in [-0.2, -0.15) is 0 Å². The average Bonchev–Trinajstić information content (AvgIpc) is 3.20. The van der Waals surface area contributed by atoms with Crippen LogP contribution in [0.1, 0.15) is 35.2 Å². The summed E-state index contributed by atoms with van der Waals surface area (Å²) in [5.41, 5.74) is 3.72. The molecule has 3 aromatic carbocycles. The molecular weight excluding hydrogens is 475 g/mol. The maximum Gasteiger partial charge on any atom is 0.338 e. The summed E-state index contributed by atoms with van der Waals surface area (Å²) in [6.45, 7) is 3.89. The largest absolute Gasteiger partial charge is 0.463 e. The summed E-state index contributed by atoms with van der Waals surface area (Å²) in [7, 11) is 0. The summed E-state index contributed by atoms with van der Waals surface area (Å²) < 4.78 is 21.3. The fraction of sp³-hybridized carbons (Fsp3) is 0.138. The van der Waals surface area contributed by atoms with Crippen LogP contribution in [0.4, 0.5) is 4.39 Å². The smallest absolute Gasteiger partial charge is 0.338 e. The fourth-order valence-corrected chi connectivity index (χ4v) is 5.22. The van der Waals surface area contributed by atoms with Crippen LogP contribution in [0.3, 0.4) is 0 Å². The highest BCUT2D eigenvalue weighted by Crippen LogP contribution is 2.35. The van der Waals surface area contributed by atoms with E-state index in [1.54, 1.807) is 19.1 Å². The first-order valence-electron chi connectivity index (χ1n) is 11.6. The van der Waals surface area contributed by atoms with E-state index in [4.69, 9.17) is 9.73 Å². The van der Waals surface area contributed by atoms with E-state index in [2.05, 4.69) is 0 Å². The summed E-state index contributed by atoms with van der Waals surface area (Å²) in [5.74, 6) is -0.974. The molecule has 5 rings (SSSR count). The van der Waals surface area contributed by atoms with Crippen LogP contribution in [0.15, 0.2) is 94.2 Å². The van der Waals surface area contributed by atoms with Crippen LogP contribution < -0.4 is 14.9 Å².